The molecule has 0 radical (unpaired) electrons. The molecule has 3 aromatic rings. The minimum atomic E-state index is -1.03. The van der Waals surface area contributed by atoms with Crippen molar-refractivity contribution < 1.29 is 33.0 Å². The number of carboxylic acid groups (broad SMARTS) is 1. The van der Waals surface area contributed by atoms with Crippen molar-refractivity contribution in [3.8, 4) is 35.6 Å². The van der Waals surface area contributed by atoms with Crippen molar-refractivity contribution in [2.45, 2.75) is 73.1 Å². The summed E-state index contributed by atoms with van der Waals surface area (Å²) in [5, 5.41) is 11.9. The van der Waals surface area contributed by atoms with E-state index in [9.17, 15) is 18.4 Å². The van der Waals surface area contributed by atoms with Crippen LogP contribution >= 0.6 is 0 Å². The lowest BCUT2D eigenvalue weighted by atomic mass is 10.0. The summed E-state index contributed by atoms with van der Waals surface area (Å²) in [6.45, 7) is 12.8. The topological polar surface area (TPSA) is 127 Å². The molecule has 3 heterocycles. The molecule has 0 aliphatic carbocycles. The highest BCUT2D eigenvalue weighted by molar-refractivity contribution is 5.95. The largest absolute Gasteiger partial charge is 0.492 e. The van der Waals surface area contributed by atoms with Gasteiger partial charge in [0.15, 0.2) is 6.23 Å². The number of halogens is 2. The first-order chi connectivity index (χ1) is 22.1. The SMILES string of the molecule is C#C.CC.CC.Cc1cnc2c(c1)NC(C)O2.NC1CCN(C(=O)c2ccc(-c3cc(F)ccc3OCCC(=O)O)cc2F)CC1. The summed E-state index contributed by atoms with van der Waals surface area (Å²) < 4.78 is 39.2. The van der Waals surface area contributed by atoms with Crippen LogP contribution in [0.4, 0.5) is 14.5 Å². The number of benzene rings is 2. The van der Waals surface area contributed by atoms with E-state index < -0.39 is 23.5 Å². The predicted molar refractivity (Wildman–Crippen MR) is 178 cm³/mol. The average molecular weight is 641 g/mol. The van der Waals surface area contributed by atoms with Crippen LogP contribution in [0.2, 0.25) is 0 Å². The number of aliphatic carboxylic acids is 1. The van der Waals surface area contributed by atoms with Crippen LogP contribution in [0.15, 0.2) is 48.7 Å². The molecular weight excluding hydrogens is 594 g/mol. The molecule has 1 unspecified atom stereocenters. The number of piperidine rings is 1. The van der Waals surface area contributed by atoms with Gasteiger partial charge in [0, 0.05) is 30.9 Å². The number of likely N-dealkylation sites (tertiary alicyclic amines) is 1. The molecule has 0 spiro atoms. The Bertz CT molecular complexity index is 1430. The smallest absolute Gasteiger partial charge is 0.306 e. The molecule has 9 nitrogen and oxygen atoms in total. The quantitative estimate of drug-likeness (QED) is 0.249. The number of terminal acetylenes is 1. The van der Waals surface area contributed by atoms with Crippen molar-refractivity contribution in [2.75, 3.05) is 25.0 Å². The number of pyridine rings is 1. The van der Waals surface area contributed by atoms with Gasteiger partial charge < -0.3 is 30.5 Å². The monoisotopic (exact) mass is 640 g/mol. The number of carboxylic acids is 1. The fraction of sp³-hybridized carbons (Fsp3) is 0.400. The number of carbonyl (C=O) groups is 2. The van der Waals surface area contributed by atoms with Crippen LogP contribution < -0.4 is 20.5 Å². The van der Waals surface area contributed by atoms with Crippen molar-refractivity contribution in [3.63, 3.8) is 0 Å². The van der Waals surface area contributed by atoms with Gasteiger partial charge in [-0.2, -0.15) is 0 Å². The number of aromatic nitrogens is 1. The molecule has 11 heteroatoms. The third-order valence-corrected chi connectivity index (χ3v) is 6.49. The van der Waals surface area contributed by atoms with Crippen LogP contribution in [-0.2, 0) is 4.79 Å². The Morgan fingerprint density at radius 1 is 1.09 bits per heavy atom. The van der Waals surface area contributed by atoms with Crippen molar-refractivity contribution >= 4 is 17.6 Å². The molecule has 1 amide bonds. The Morgan fingerprint density at radius 2 is 1.74 bits per heavy atom. The number of ether oxygens (including phenoxy) is 2. The number of nitrogens with zero attached hydrogens (tertiary/aromatic N) is 2. The Morgan fingerprint density at radius 3 is 2.35 bits per heavy atom. The Balaban J connectivity index is 0.000000514. The highest BCUT2D eigenvalue weighted by atomic mass is 19.1. The normalized spacial score (nSPS) is 14.4. The van der Waals surface area contributed by atoms with E-state index in [1.807, 2.05) is 47.6 Å². The van der Waals surface area contributed by atoms with Gasteiger partial charge >= 0.3 is 5.97 Å². The van der Waals surface area contributed by atoms with Gasteiger partial charge in [0.25, 0.3) is 5.91 Å². The molecule has 2 aliphatic rings. The average Bonchev–Trinajstić information content (AvgIpc) is 3.44. The van der Waals surface area contributed by atoms with Gasteiger partial charge in [0.2, 0.25) is 5.88 Å². The molecule has 2 aliphatic heterocycles. The van der Waals surface area contributed by atoms with Crippen LogP contribution in [0.5, 0.6) is 11.6 Å². The first-order valence-corrected chi connectivity index (χ1v) is 15.3. The maximum Gasteiger partial charge on any atom is 0.306 e. The number of anilines is 1. The van der Waals surface area contributed by atoms with E-state index >= 15 is 0 Å². The zero-order valence-electron chi connectivity index (χ0n) is 27.5. The molecule has 250 valence electrons. The fourth-order valence-corrected chi connectivity index (χ4v) is 4.40. The van der Waals surface area contributed by atoms with Gasteiger partial charge in [-0.15, -0.1) is 12.8 Å². The number of aryl methyl sites for hydroxylation is 1. The van der Waals surface area contributed by atoms with Crippen molar-refractivity contribution in [3.05, 3.63) is 71.4 Å². The summed E-state index contributed by atoms with van der Waals surface area (Å²) in [7, 11) is 0. The number of hydrogen-bond acceptors (Lipinski definition) is 7. The van der Waals surface area contributed by atoms with Crippen molar-refractivity contribution in [2.24, 2.45) is 5.73 Å². The third-order valence-electron chi connectivity index (χ3n) is 6.49. The third kappa shape index (κ3) is 11.7. The molecule has 5 rings (SSSR count). The molecule has 4 N–H and O–H groups in total. The van der Waals surface area contributed by atoms with Crippen LogP contribution in [-0.4, -0.2) is 58.8 Å². The highest BCUT2D eigenvalue weighted by Gasteiger charge is 2.24. The van der Waals surface area contributed by atoms with Crippen LogP contribution in [0.3, 0.4) is 0 Å². The molecule has 1 aromatic heterocycles. The summed E-state index contributed by atoms with van der Waals surface area (Å²) in [5.41, 5.74) is 8.52. The Labute approximate surface area is 271 Å². The van der Waals surface area contributed by atoms with Gasteiger partial charge in [-0.05, 0) is 74.2 Å². The number of amides is 1. The molecule has 46 heavy (non-hydrogen) atoms. The number of hydrogen-bond donors (Lipinski definition) is 3. The molecule has 1 atom stereocenters. The van der Waals surface area contributed by atoms with E-state index in [1.165, 1.54) is 30.3 Å². The molecule has 0 bridgehead atoms. The molecule has 2 aromatic carbocycles. The molecule has 1 saturated heterocycles. The van der Waals surface area contributed by atoms with Crippen LogP contribution in [0, 0.1) is 31.4 Å². The van der Waals surface area contributed by atoms with E-state index in [-0.39, 0.29) is 42.2 Å². The number of nitrogens with one attached hydrogen (secondary N) is 1. The predicted octanol–water partition coefficient (Wildman–Crippen LogP) is 6.89. The van der Waals surface area contributed by atoms with E-state index in [0.29, 0.717) is 37.4 Å². The zero-order chi connectivity index (χ0) is 34.8. The fourth-order valence-electron chi connectivity index (χ4n) is 4.40. The van der Waals surface area contributed by atoms with Crippen molar-refractivity contribution in [1.82, 2.24) is 9.88 Å². The van der Waals surface area contributed by atoms with Gasteiger partial charge in [-0.25, -0.2) is 13.8 Å². The lowest BCUT2D eigenvalue weighted by Gasteiger charge is -2.30. The van der Waals surface area contributed by atoms with Gasteiger partial charge in [0.05, 0.1) is 18.6 Å². The minimum Gasteiger partial charge on any atom is -0.492 e. The Hall–Kier alpha value is -4.69. The highest BCUT2D eigenvalue weighted by Crippen LogP contribution is 2.33. The van der Waals surface area contributed by atoms with Crippen molar-refractivity contribution in [1.29, 1.82) is 0 Å². The summed E-state index contributed by atoms with van der Waals surface area (Å²) in [4.78, 5) is 29.0. The summed E-state index contributed by atoms with van der Waals surface area (Å²) >= 11 is 0. The summed E-state index contributed by atoms with van der Waals surface area (Å²) in [5.74, 6) is -1.75. The second kappa shape index (κ2) is 20.4. The standard InChI is InChI=1S/C21H22F2N2O4.C8H10N2O.2C2H6.C2H2/c22-14-2-4-19(29-10-7-20(26)27)17(12-14)13-1-3-16(18(23)11-13)21(28)25-8-5-15(24)6-9-25;1-5-3-7-8(9-4-5)11-6(2)10-7;3*1-2/h1-4,11-12,15H,5-10,24H2,(H,26,27);3-4,6,10H,1-2H3;2*1-2H3;1-2H. The lowest BCUT2D eigenvalue weighted by Crippen LogP contribution is -2.43. The minimum absolute atomic E-state index is 0.0544. The van der Waals surface area contributed by atoms with Crippen LogP contribution in [0.25, 0.3) is 11.1 Å². The van der Waals surface area contributed by atoms with E-state index in [1.54, 1.807) is 11.1 Å². The first-order valence-electron chi connectivity index (χ1n) is 15.3. The first kappa shape index (κ1) is 39.3. The summed E-state index contributed by atoms with van der Waals surface area (Å²) in [6, 6.07) is 9.85. The van der Waals surface area contributed by atoms with E-state index in [4.69, 9.17) is 20.3 Å². The second-order valence-electron chi connectivity index (χ2n) is 9.73. The number of nitrogens with two attached hydrogens (primary N) is 1. The molecule has 1 fully saturated rings. The van der Waals surface area contributed by atoms with Gasteiger partial charge in [-0.3, -0.25) is 9.59 Å². The number of rotatable bonds is 6. The molecule has 0 saturated carbocycles. The number of fused-ring (bicyclic) bond motifs is 1. The zero-order valence-corrected chi connectivity index (χ0v) is 27.5. The van der Waals surface area contributed by atoms with Gasteiger partial charge in [-0.1, -0.05) is 33.8 Å². The second-order valence-corrected chi connectivity index (χ2v) is 9.73. The summed E-state index contributed by atoms with van der Waals surface area (Å²) in [6.07, 6.45) is 11.0. The lowest BCUT2D eigenvalue weighted by molar-refractivity contribution is -0.137. The van der Waals surface area contributed by atoms with Gasteiger partial charge in [0.1, 0.15) is 23.1 Å². The molecular formula is C35H46F2N4O5. The maximum atomic E-state index is 14.7. The van der Waals surface area contributed by atoms with E-state index in [0.717, 1.165) is 17.3 Å². The Kier molecular flexibility index (Phi) is 17.4. The number of carbonyl (C=O) groups excluding carboxylic acids is 1. The van der Waals surface area contributed by atoms with E-state index in [2.05, 4.69) is 23.1 Å². The maximum absolute atomic E-state index is 14.7. The van der Waals surface area contributed by atoms with Crippen LogP contribution in [0.1, 0.15) is 69.8 Å².